The van der Waals surface area contributed by atoms with Gasteiger partial charge in [-0.05, 0) is 6.07 Å². The van der Waals surface area contributed by atoms with E-state index in [1.807, 2.05) is 25.1 Å². The molecular weight excluding hydrogens is 228 g/mol. The summed E-state index contributed by atoms with van der Waals surface area (Å²) in [7, 11) is 3.86. The van der Waals surface area contributed by atoms with E-state index in [9.17, 15) is 0 Å². The van der Waals surface area contributed by atoms with Crippen molar-refractivity contribution < 1.29 is 4.74 Å². The molecule has 0 saturated carbocycles. The van der Waals surface area contributed by atoms with E-state index in [4.69, 9.17) is 4.74 Å². The molecular formula is C10H17ClN4O. The second-order valence-electron chi connectivity index (χ2n) is 3.74. The molecule has 0 amide bonds. The summed E-state index contributed by atoms with van der Waals surface area (Å²) in [5.41, 5.74) is 0.945. The number of ether oxygens (including phenoxy) is 1. The highest BCUT2D eigenvalue weighted by atomic mass is 35.5. The molecule has 1 saturated heterocycles. The van der Waals surface area contributed by atoms with Crippen LogP contribution < -0.4 is 10.2 Å². The van der Waals surface area contributed by atoms with Crippen LogP contribution in [0.5, 0.6) is 0 Å². The average molecular weight is 245 g/mol. The molecule has 6 heteroatoms. The lowest BCUT2D eigenvalue weighted by atomic mass is 10.2. The van der Waals surface area contributed by atoms with Crippen molar-refractivity contribution in [3.63, 3.8) is 0 Å². The third kappa shape index (κ3) is 3.04. The molecule has 0 radical (unpaired) electrons. The number of hydrogen-bond acceptors (Lipinski definition) is 5. The summed E-state index contributed by atoms with van der Waals surface area (Å²) < 4.78 is 5.63. The molecule has 1 aliphatic rings. The lowest BCUT2D eigenvalue weighted by Gasteiger charge is -2.23. The Bertz CT molecular complexity index is 328. The van der Waals surface area contributed by atoms with Crippen molar-refractivity contribution in [2.24, 2.45) is 0 Å². The summed E-state index contributed by atoms with van der Waals surface area (Å²) >= 11 is 0. The van der Waals surface area contributed by atoms with E-state index in [0.29, 0.717) is 0 Å². The predicted molar refractivity (Wildman–Crippen MR) is 65.2 cm³/mol. The number of aromatic nitrogens is 2. The lowest BCUT2D eigenvalue weighted by molar-refractivity contribution is 0.0250. The average Bonchev–Trinajstić information content (AvgIpc) is 2.30. The second kappa shape index (κ2) is 5.98. The van der Waals surface area contributed by atoms with Gasteiger partial charge in [-0.1, -0.05) is 0 Å². The van der Waals surface area contributed by atoms with E-state index in [1.165, 1.54) is 0 Å². The molecule has 90 valence electrons. The number of nitrogens with one attached hydrogen (secondary N) is 1. The summed E-state index contributed by atoms with van der Waals surface area (Å²) in [6.45, 7) is 2.48. The van der Waals surface area contributed by atoms with E-state index in [-0.39, 0.29) is 18.5 Å². The zero-order chi connectivity index (χ0) is 10.7. The summed E-state index contributed by atoms with van der Waals surface area (Å²) in [6.07, 6.45) is 1.83. The first-order valence-electron chi connectivity index (χ1n) is 5.10. The molecule has 0 aromatic carbocycles. The minimum absolute atomic E-state index is 0. The molecule has 0 bridgehead atoms. The van der Waals surface area contributed by atoms with Gasteiger partial charge in [0.1, 0.15) is 6.10 Å². The first-order valence-corrected chi connectivity index (χ1v) is 5.10. The van der Waals surface area contributed by atoms with Gasteiger partial charge in [-0.3, -0.25) is 0 Å². The first-order chi connectivity index (χ1) is 7.27. The van der Waals surface area contributed by atoms with Crippen LogP contribution in [0.15, 0.2) is 12.3 Å². The van der Waals surface area contributed by atoms with Gasteiger partial charge in [0.25, 0.3) is 0 Å². The Balaban J connectivity index is 0.00000128. The van der Waals surface area contributed by atoms with Crippen molar-refractivity contribution >= 4 is 18.4 Å². The molecule has 1 unspecified atom stereocenters. The van der Waals surface area contributed by atoms with Crippen LogP contribution in [0.2, 0.25) is 0 Å². The number of anilines is 1. The van der Waals surface area contributed by atoms with Gasteiger partial charge in [-0.2, -0.15) is 0 Å². The van der Waals surface area contributed by atoms with E-state index >= 15 is 0 Å². The van der Waals surface area contributed by atoms with Gasteiger partial charge in [-0.15, -0.1) is 12.4 Å². The summed E-state index contributed by atoms with van der Waals surface area (Å²) in [6, 6.07) is 1.91. The van der Waals surface area contributed by atoms with Gasteiger partial charge in [0, 0.05) is 33.4 Å². The summed E-state index contributed by atoms with van der Waals surface area (Å²) in [4.78, 5) is 10.5. The maximum absolute atomic E-state index is 5.63. The normalized spacial score (nSPS) is 20.0. The Morgan fingerprint density at radius 2 is 2.31 bits per heavy atom. The molecule has 5 nitrogen and oxygen atoms in total. The van der Waals surface area contributed by atoms with Crippen molar-refractivity contribution in [3.05, 3.63) is 18.0 Å². The molecule has 0 aliphatic carbocycles. The Morgan fingerprint density at radius 1 is 1.50 bits per heavy atom. The zero-order valence-corrected chi connectivity index (χ0v) is 10.3. The second-order valence-corrected chi connectivity index (χ2v) is 3.74. The Hall–Kier alpha value is -0.910. The minimum Gasteiger partial charge on any atom is -0.369 e. The number of nitrogens with zero attached hydrogens (tertiary/aromatic N) is 3. The van der Waals surface area contributed by atoms with Gasteiger partial charge in [0.15, 0.2) is 0 Å². The number of rotatable bonds is 2. The summed E-state index contributed by atoms with van der Waals surface area (Å²) in [5.74, 6) is 0.724. The SMILES string of the molecule is CN(C)c1nccc(C2CNCCO2)n1.Cl. The van der Waals surface area contributed by atoms with Crippen LogP contribution in [-0.2, 0) is 4.74 Å². The Morgan fingerprint density at radius 3 is 2.94 bits per heavy atom. The van der Waals surface area contributed by atoms with Crippen molar-refractivity contribution in [1.29, 1.82) is 0 Å². The molecule has 1 fully saturated rings. The third-order valence-corrected chi connectivity index (χ3v) is 2.32. The molecule has 1 aliphatic heterocycles. The lowest BCUT2D eigenvalue weighted by Crippen LogP contribution is -2.34. The maximum atomic E-state index is 5.63. The van der Waals surface area contributed by atoms with Crippen LogP contribution in [0.4, 0.5) is 5.95 Å². The fourth-order valence-corrected chi connectivity index (χ4v) is 1.51. The molecule has 0 spiro atoms. The number of hydrogen-bond donors (Lipinski definition) is 1. The largest absolute Gasteiger partial charge is 0.369 e. The van der Waals surface area contributed by atoms with Crippen molar-refractivity contribution in [1.82, 2.24) is 15.3 Å². The van der Waals surface area contributed by atoms with Crippen LogP contribution >= 0.6 is 12.4 Å². The van der Waals surface area contributed by atoms with E-state index in [1.54, 1.807) is 6.20 Å². The maximum Gasteiger partial charge on any atom is 0.225 e. The standard InChI is InChI=1S/C10H16N4O.ClH/c1-14(2)10-12-4-3-8(13-10)9-7-11-5-6-15-9;/h3-4,9,11H,5-7H2,1-2H3;1H. The first kappa shape index (κ1) is 13.2. The highest BCUT2D eigenvalue weighted by molar-refractivity contribution is 5.85. The Kier molecular flexibility index (Phi) is 4.92. The molecule has 1 N–H and O–H groups in total. The van der Waals surface area contributed by atoms with Crippen molar-refractivity contribution in [2.45, 2.75) is 6.10 Å². The van der Waals surface area contributed by atoms with Crippen molar-refractivity contribution in [3.8, 4) is 0 Å². The molecule has 16 heavy (non-hydrogen) atoms. The molecule has 1 aromatic heterocycles. The summed E-state index contributed by atoms with van der Waals surface area (Å²) in [5, 5.41) is 3.28. The zero-order valence-electron chi connectivity index (χ0n) is 9.51. The Labute approximate surface area is 102 Å². The van der Waals surface area contributed by atoms with Crippen LogP contribution in [0.25, 0.3) is 0 Å². The number of morpholine rings is 1. The van der Waals surface area contributed by atoms with Crippen LogP contribution in [0, 0.1) is 0 Å². The van der Waals surface area contributed by atoms with Gasteiger partial charge < -0.3 is 15.0 Å². The van der Waals surface area contributed by atoms with E-state index in [0.717, 1.165) is 31.3 Å². The van der Waals surface area contributed by atoms with Crippen molar-refractivity contribution in [2.75, 3.05) is 38.7 Å². The molecule has 1 atom stereocenters. The quantitative estimate of drug-likeness (QED) is 0.827. The van der Waals surface area contributed by atoms with Gasteiger partial charge >= 0.3 is 0 Å². The smallest absolute Gasteiger partial charge is 0.225 e. The van der Waals surface area contributed by atoms with Crippen LogP contribution in [-0.4, -0.2) is 43.8 Å². The fraction of sp³-hybridized carbons (Fsp3) is 0.600. The van der Waals surface area contributed by atoms with E-state index < -0.39 is 0 Å². The number of halogens is 1. The van der Waals surface area contributed by atoms with Crippen LogP contribution in [0.3, 0.4) is 0 Å². The minimum atomic E-state index is 0. The van der Waals surface area contributed by atoms with Crippen LogP contribution in [0.1, 0.15) is 11.8 Å². The highest BCUT2D eigenvalue weighted by Crippen LogP contribution is 2.17. The monoisotopic (exact) mass is 244 g/mol. The molecule has 2 heterocycles. The van der Waals surface area contributed by atoms with E-state index in [2.05, 4.69) is 15.3 Å². The van der Waals surface area contributed by atoms with Gasteiger partial charge in [0.2, 0.25) is 5.95 Å². The van der Waals surface area contributed by atoms with Gasteiger partial charge in [0.05, 0.1) is 12.3 Å². The topological polar surface area (TPSA) is 50.3 Å². The highest BCUT2D eigenvalue weighted by Gasteiger charge is 2.17. The fourth-order valence-electron chi connectivity index (χ4n) is 1.51. The molecule has 2 rings (SSSR count). The van der Waals surface area contributed by atoms with Gasteiger partial charge in [-0.25, -0.2) is 9.97 Å². The third-order valence-electron chi connectivity index (χ3n) is 2.32. The molecule has 1 aromatic rings. The predicted octanol–water partition coefficient (Wildman–Crippen LogP) is 0.625.